The van der Waals surface area contributed by atoms with Crippen LogP contribution in [0.2, 0.25) is 0 Å². The van der Waals surface area contributed by atoms with Crippen molar-refractivity contribution in [3.63, 3.8) is 0 Å². The number of hydroxylamine groups is 1. The van der Waals surface area contributed by atoms with Gasteiger partial charge in [-0.2, -0.15) is 5.48 Å². The Kier molecular flexibility index (Phi) is 2.56. The lowest BCUT2D eigenvalue weighted by molar-refractivity contribution is -0.131. The molecule has 2 rings (SSSR count). The monoisotopic (exact) mass is 198 g/mol. The lowest BCUT2D eigenvalue weighted by Crippen LogP contribution is -2.36. The summed E-state index contributed by atoms with van der Waals surface area (Å²) in [4.78, 5) is 28.7. The van der Waals surface area contributed by atoms with E-state index in [-0.39, 0.29) is 11.8 Å². The van der Waals surface area contributed by atoms with Gasteiger partial charge in [0.1, 0.15) is 0 Å². The largest absolute Gasteiger partial charge is 0.434 e. The molecule has 78 valence electrons. The molecule has 0 aromatic carbocycles. The van der Waals surface area contributed by atoms with E-state index in [9.17, 15) is 9.59 Å². The van der Waals surface area contributed by atoms with Gasteiger partial charge in [-0.15, -0.1) is 0 Å². The summed E-state index contributed by atoms with van der Waals surface area (Å²) < 4.78 is 0. The molecular weight excluding hydrogens is 184 g/mol. The fourth-order valence-corrected chi connectivity index (χ4v) is 1.49. The molecule has 2 amide bonds. The zero-order chi connectivity index (χ0) is 9.97. The first-order valence-electron chi connectivity index (χ1n) is 5.03. The Morgan fingerprint density at radius 3 is 2.43 bits per heavy atom. The van der Waals surface area contributed by atoms with Gasteiger partial charge in [0.05, 0.1) is 0 Å². The van der Waals surface area contributed by atoms with Crippen LogP contribution in [-0.2, 0) is 9.63 Å². The Hall–Kier alpha value is -1.26. The maximum Gasteiger partial charge on any atom is 0.434 e. The van der Waals surface area contributed by atoms with Gasteiger partial charge in [0.15, 0.2) is 0 Å². The molecule has 0 aromatic rings. The van der Waals surface area contributed by atoms with E-state index in [0.29, 0.717) is 0 Å². The summed E-state index contributed by atoms with van der Waals surface area (Å²) in [5.74, 6) is -0.0982. The fraction of sp³-hybridized carbons (Fsp3) is 0.778. The Morgan fingerprint density at radius 2 is 1.86 bits per heavy atom. The molecule has 1 saturated heterocycles. The van der Waals surface area contributed by atoms with Crippen molar-refractivity contribution in [2.75, 3.05) is 13.1 Å². The molecule has 2 fully saturated rings. The maximum atomic E-state index is 11.3. The van der Waals surface area contributed by atoms with Crippen LogP contribution in [0.5, 0.6) is 0 Å². The molecule has 0 bridgehead atoms. The van der Waals surface area contributed by atoms with Crippen LogP contribution < -0.4 is 5.48 Å². The van der Waals surface area contributed by atoms with Crippen molar-refractivity contribution in [2.24, 2.45) is 5.92 Å². The molecule has 5 nitrogen and oxygen atoms in total. The highest BCUT2D eigenvalue weighted by molar-refractivity contribution is 5.81. The van der Waals surface area contributed by atoms with Crippen molar-refractivity contribution in [2.45, 2.75) is 25.7 Å². The average Bonchev–Trinajstić information content (AvgIpc) is 2.90. The zero-order valence-corrected chi connectivity index (χ0v) is 7.99. The molecule has 0 aromatic heterocycles. The zero-order valence-electron chi connectivity index (χ0n) is 7.99. The van der Waals surface area contributed by atoms with Gasteiger partial charge in [0.2, 0.25) is 0 Å². The third-order valence-corrected chi connectivity index (χ3v) is 2.55. The molecule has 1 heterocycles. The van der Waals surface area contributed by atoms with Crippen molar-refractivity contribution in [1.82, 2.24) is 10.4 Å². The number of amides is 2. The number of carbonyl (C=O) groups is 2. The van der Waals surface area contributed by atoms with E-state index in [0.717, 1.165) is 38.8 Å². The van der Waals surface area contributed by atoms with Gasteiger partial charge in [0, 0.05) is 19.0 Å². The number of likely N-dealkylation sites (tertiary alicyclic amines) is 1. The summed E-state index contributed by atoms with van der Waals surface area (Å²) in [5.41, 5.74) is 2.19. The second-order valence-corrected chi connectivity index (χ2v) is 3.80. The SMILES string of the molecule is O=C(NOC(=O)N1CCCC1)C1CC1. The molecule has 1 aliphatic heterocycles. The predicted octanol–water partition coefficient (Wildman–Crippen LogP) is 0.660. The van der Waals surface area contributed by atoms with E-state index in [1.54, 1.807) is 4.90 Å². The molecule has 1 saturated carbocycles. The van der Waals surface area contributed by atoms with E-state index in [1.807, 2.05) is 0 Å². The first-order valence-corrected chi connectivity index (χ1v) is 5.03. The predicted molar refractivity (Wildman–Crippen MR) is 48.2 cm³/mol. The van der Waals surface area contributed by atoms with Crippen molar-refractivity contribution < 1.29 is 14.4 Å². The Labute approximate surface area is 82.3 Å². The van der Waals surface area contributed by atoms with Crippen molar-refractivity contribution in [1.29, 1.82) is 0 Å². The first kappa shape index (κ1) is 9.30. The van der Waals surface area contributed by atoms with Crippen LogP contribution >= 0.6 is 0 Å². The number of hydrogen-bond donors (Lipinski definition) is 1. The first-order chi connectivity index (χ1) is 6.77. The highest BCUT2D eigenvalue weighted by atomic mass is 16.7. The molecule has 0 unspecified atom stereocenters. The summed E-state index contributed by atoms with van der Waals surface area (Å²) >= 11 is 0. The molecule has 1 aliphatic carbocycles. The smallest absolute Gasteiger partial charge is 0.321 e. The van der Waals surface area contributed by atoms with Crippen LogP contribution in [0.1, 0.15) is 25.7 Å². The van der Waals surface area contributed by atoms with Gasteiger partial charge in [-0.1, -0.05) is 0 Å². The number of nitrogens with one attached hydrogen (secondary N) is 1. The molecular formula is C9H14N2O3. The van der Waals surface area contributed by atoms with Gasteiger partial charge in [-0.3, -0.25) is 4.79 Å². The summed E-state index contributed by atoms with van der Waals surface area (Å²) in [7, 11) is 0. The summed E-state index contributed by atoms with van der Waals surface area (Å²) in [6.45, 7) is 1.47. The summed E-state index contributed by atoms with van der Waals surface area (Å²) in [6.07, 6.45) is 3.42. The Balaban J connectivity index is 1.68. The van der Waals surface area contributed by atoms with E-state index in [2.05, 4.69) is 10.3 Å². The van der Waals surface area contributed by atoms with Crippen LogP contribution in [0.3, 0.4) is 0 Å². The number of nitrogens with zero attached hydrogens (tertiary/aromatic N) is 1. The summed E-state index contributed by atoms with van der Waals surface area (Å²) in [6, 6.07) is 0. The molecule has 0 spiro atoms. The topological polar surface area (TPSA) is 58.6 Å². The van der Waals surface area contributed by atoms with E-state index in [1.165, 1.54) is 0 Å². The highest BCUT2D eigenvalue weighted by Gasteiger charge is 2.31. The third kappa shape index (κ3) is 2.16. The standard InChI is InChI=1S/C9H14N2O3/c12-8(7-3-4-7)10-14-9(13)11-5-1-2-6-11/h7H,1-6H2,(H,10,12). The Bertz CT molecular complexity index is 244. The normalized spacial score (nSPS) is 20.7. The van der Waals surface area contributed by atoms with Gasteiger partial charge < -0.3 is 9.74 Å². The molecule has 1 N–H and O–H groups in total. The minimum atomic E-state index is -0.434. The number of hydrogen-bond acceptors (Lipinski definition) is 3. The van der Waals surface area contributed by atoms with Gasteiger partial charge >= 0.3 is 6.09 Å². The van der Waals surface area contributed by atoms with Crippen LogP contribution in [-0.4, -0.2) is 30.0 Å². The Morgan fingerprint density at radius 1 is 1.21 bits per heavy atom. The van der Waals surface area contributed by atoms with Crippen molar-refractivity contribution in [3.05, 3.63) is 0 Å². The minimum Gasteiger partial charge on any atom is -0.321 e. The third-order valence-electron chi connectivity index (χ3n) is 2.55. The van der Waals surface area contributed by atoms with Gasteiger partial charge in [-0.05, 0) is 25.7 Å². The van der Waals surface area contributed by atoms with E-state index >= 15 is 0 Å². The second kappa shape index (κ2) is 3.86. The van der Waals surface area contributed by atoms with Crippen LogP contribution in [0.4, 0.5) is 4.79 Å². The van der Waals surface area contributed by atoms with E-state index < -0.39 is 6.09 Å². The van der Waals surface area contributed by atoms with Crippen LogP contribution in [0, 0.1) is 5.92 Å². The van der Waals surface area contributed by atoms with E-state index in [4.69, 9.17) is 0 Å². The number of carbonyl (C=O) groups excluding carboxylic acids is 2. The average molecular weight is 198 g/mol. The van der Waals surface area contributed by atoms with Crippen molar-refractivity contribution >= 4 is 12.0 Å². The van der Waals surface area contributed by atoms with Crippen LogP contribution in [0.25, 0.3) is 0 Å². The maximum absolute atomic E-state index is 11.3. The molecule has 5 heteroatoms. The van der Waals surface area contributed by atoms with Crippen LogP contribution in [0.15, 0.2) is 0 Å². The lowest BCUT2D eigenvalue weighted by Gasteiger charge is -2.14. The van der Waals surface area contributed by atoms with Gasteiger partial charge in [0.25, 0.3) is 5.91 Å². The highest BCUT2D eigenvalue weighted by Crippen LogP contribution is 2.28. The molecule has 14 heavy (non-hydrogen) atoms. The molecule has 0 atom stereocenters. The lowest BCUT2D eigenvalue weighted by atomic mass is 10.4. The molecule has 0 radical (unpaired) electrons. The quantitative estimate of drug-likeness (QED) is 0.630. The van der Waals surface area contributed by atoms with Gasteiger partial charge in [-0.25, -0.2) is 4.79 Å². The molecule has 2 aliphatic rings. The minimum absolute atomic E-state index is 0.0707. The summed E-state index contributed by atoms with van der Waals surface area (Å²) in [5, 5.41) is 0. The van der Waals surface area contributed by atoms with Crippen molar-refractivity contribution in [3.8, 4) is 0 Å². The fourth-order valence-electron chi connectivity index (χ4n) is 1.49. The number of rotatable bonds is 1. The second-order valence-electron chi connectivity index (χ2n) is 3.80.